The highest BCUT2D eigenvalue weighted by Crippen LogP contribution is 2.37. The monoisotopic (exact) mass is 482 g/mol. The zero-order valence-electron chi connectivity index (χ0n) is 17.6. The zero-order chi connectivity index (χ0) is 23.6. The van der Waals surface area contributed by atoms with Gasteiger partial charge in [0.1, 0.15) is 11.9 Å². The van der Waals surface area contributed by atoms with Crippen molar-refractivity contribution in [2.24, 2.45) is 5.92 Å². The molecule has 2 heterocycles. The molecule has 1 amide bonds. The first kappa shape index (κ1) is 23.4. The first-order valence-electron chi connectivity index (χ1n) is 10.5. The summed E-state index contributed by atoms with van der Waals surface area (Å²) in [7, 11) is 0. The summed E-state index contributed by atoms with van der Waals surface area (Å²) in [6.45, 7) is 3.15. The van der Waals surface area contributed by atoms with Gasteiger partial charge in [-0.05, 0) is 35.4 Å². The molecule has 0 radical (unpaired) electrons. The van der Waals surface area contributed by atoms with Crippen LogP contribution in [0.4, 0.5) is 13.2 Å². The Bertz CT molecular complexity index is 990. The molecule has 2 saturated heterocycles. The van der Waals surface area contributed by atoms with Gasteiger partial charge in [0, 0.05) is 37.7 Å². The quantitative estimate of drug-likeness (QED) is 0.598. The van der Waals surface area contributed by atoms with Gasteiger partial charge in [0.2, 0.25) is 5.91 Å². The fraction of sp³-hybridized carbons (Fsp3) is 0.391. The average molecular weight is 483 g/mol. The van der Waals surface area contributed by atoms with Crippen LogP contribution in [0.5, 0.6) is 5.75 Å². The van der Waals surface area contributed by atoms with Crippen LogP contribution in [-0.4, -0.2) is 54.2 Å². The molecule has 2 aromatic carbocycles. The fourth-order valence-electron chi connectivity index (χ4n) is 4.14. The standard InChI is InChI=1S/C23H22ClF3N2O4/c24-17-5-1-15(2-6-17)14-28-9-11-29(12-10-28)22(31)19-13-20(30)32-21(19)16-3-7-18(8-4-16)33-23(25,26)27/h1-8,19,21H,9-14H2/t19-,21+/m0/s1. The number of piperazine rings is 1. The molecule has 2 aliphatic heterocycles. The lowest BCUT2D eigenvalue weighted by atomic mass is 9.93. The van der Waals surface area contributed by atoms with Crippen LogP contribution < -0.4 is 4.74 Å². The predicted molar refractivity (Wildman–Crippen MR) is 113 cm³/mol. The number of benzene rings is 2. The van der Waals surface area contributed by atoms with Crippen molar-refractivity contribution in [3.05, 3.63) is 64.7 Å². The third kappa shape index (κ3) is 5.97. The number of nitrogens with zero attached hydrogens (tertiary/aromatic N) is 2. The summed E-state index contributed by atoms with van der Waals surface area (Å²) in [5.41, 5.74) is 1.59. The molecular weight excluding hydrogens is 461 g/mol. The van der Waals surface area contributed by atoms with Crippen molar-refractivity contribution in [1.29, 1.82) is 0 Å². The van der Waals surface area contributed by atoms with Crippen LogP contribution in [0, 0.1) is 5.92 Å². The molecule has 4 rings (SSSR count). The van der Waals surface area contributed by atoms with Crippen molar-refractivity contribution in [3.8, 4) is 5.75 Å². The van der Waals surface area contributed by atoms with Crippen molar-refractivity contribution in [2.45, 2.75) is 25.4 Å². The summed E-state index contributed by atoms with van der Waals surface area (Å²) in [6, 6.07) is 12.7. The highest BCUT2D eigenvalue weighted by molar-refractivity contribution is 6.30. The maximum atomic E-state index is 13.2. The Balaban J connectivity index is 1.37. The summed E-state index contributed by atoms with van der Waals surface area (Å²) in [6.07, 6.45) is -5.69. The van der Waals surface area contributed by atoms with E-state index in [2.05, 4.69) is 9.64 Å². The fourth-order valence-corrected chi connectivity index (χ4v) is 4.27. The average Bonchev–Trinajstić information content (AvgIpc) is 3.16. The molecule has 0 bridgehead atoms. The summed E-state index contributed by atoms with van der Waals surface area (Å²) < 4.78 is 46.4. The Labute approximate surface area is 193 Å². The van der Waals surface area contributed by atoms with E-state index in [1.807, 2.05) is 24.3 Å². The smallest absolute Gasteiger partial charge is 0.457 e. The number of hydrogen-bond donors (Lipinski definition) is 0. The lowest BCUT2D eigenvalue weighted by Gasteiger charge is -2.36. The first-order valence-corrected chi connectivity index (χ1v) is 10.9. The van der Waals surface area contributed by atoms with E-state index in [1.54, 1.807) is 4.90 Å². The third-order valence-corrected chi connectivity index (χ3v) is 6.03. The maximum Gasteiger partial charge on any atom is 0.573 e. The lowest BCUT2D eigenvalue weighted by molar-refractivity contribution is -0.274. The molecule has 0 aliphatic carbocycles. The van der Waals surface area contributed by atoms with Gasteiger partial charge >= 0.3 is 12.3 Å². The number of carbonyl (C=O) groups is 2. The number of cyclic esters (lactones) is 1. The Hall–Kier alpha value is -2.78. The minimum atomic E-state index is -4.80. The van der Waals surface area contributed by atoms with Crippen LogP contribution >= 0.6 is 11.6 Å². The second-order valence-electron chi connectivity index (χ2n) is 8.07. The number of esters is 1. The second-order valence-corrected chi connectivity index (χ2v) is 8.50. The topological polar surface area (TPSA) is 59.1 Å². The van der Waals surface area contributed by atoms with Crippen molar-refractivity contribution >= 4 is 23.5 Å². The molecule has 2 fully saturated rings. The number of carbonyl (C=O) groups excluding carboxylic acids is 2. The lowest BCUT2D eigenvalue weighted by Crippen LogP contribution is -2.50. The van der Waals surface area contributed by atoms with Gasteiger partial charge in [-0.3, -0.25) is 14.5 Å². The molecule has 6 nitrogen and oxygen atoms in total. The Morgan fingerprint density at radius 2 is 1.67 bits per heavy atom. The molecule has 2 aromatic rings. The van der Waals surface area contributed by atoms with E-state index in [9.17, 15) is 22.8 Å². The molecule has 176 valence electrons. The second kappa shape index (κ2) is 9.61. The molecule has 0 aromatic heterocycles. The number of amides is 1. The minimum Gasteiger partial charge on any atom is -0.457 e. The van der Waals surface area contributed by atoms with Gasteiger partial charge in [-0.25, -0.2) is 0 Å². The molecule has 0 spiro atoms. The van der Waals surface area contributed by atoms with E-state index in [0.717, 1.165) is 24.2 Å². The van der Waals surface area contributed by atoms with Gasteiger partial charge in [-0.15, -0.1) is 13.2 Å². The summed E-state index contributed by atoms with van der Waals surface area (Å²) >= 11 is 5.93. The number of alkyl halides is 3. The minimum absolute atomic E-state index is 0.0602. The van der Waals surface area contributed by atoms with E-state index in [0.29, 0.717) is 36.8 Å². The van der Waals surface area contributed by atoms with Gasteiger partial charge in [0.15, 0.2) is 0 Å². The van der Waals surface area contributed by atoms with Gasteiger partial charge in [0.25, 0.3) is 0 Å². The van der Waals surface area contributed by atoms with E-state index in [1.165, 1.54) is 12.1 Å². The molecule has 0 N–H and O–H groups in total. The molecule has 33 heavy (non-hydrogen) atoms. The van der Waals surface area contributed by atoms with E-state index < -0.39 is 24.4 Å². The van der Waals surface area contributed by atoms with E-state index in [-0.39, 0.29) is 18.1 Å². The summed E-state index contributed by atoms with van der Waals surface area (Å²) in [5.74, 6) is -1.78. The van der Waals surface area contributed by atoms with Crippen LogP contribution in [0.2, 0.25) is 5.02 Å². The van der Waals surface area contributed by atoms with E-state index >= 15 is 0 Å². The van der Waals surface area contributed by atoms with Crippen LogP contribution in [0.3, 0.4) is 0 Å². The van der Waals surface area contributed by atoms with Gasteiger partial charge < -0.3 is 14.4 Å². The molecule has 0 unspecified atom stereocenters. The molecule has 0 saturated carbocycles. The van der Waals surface area contributed by atoms with Crippen molar-refractivity contribution in [1.82, 2.24) is 9.80 Å². The Morgan fingerprint density at radius 1 is 1.03 bits per heavy atom. The molecular formula is C23H22ClF3N2O4. The van der Waals surface area contributed by atoms with Crippen LogP contribution in [0.1, 0.15) is 23.7 Å². The SMILES string of the molecule is O=C1C[C@H](C(=O)N2CCN(Cc3ccc(Cl)cc3)CC2)[C@@H](c2ccc(OC(F)(F)F)cc2)O1. The first-order chi connectivity index (χ1) is 15.7. The predicted octanol–water partition coefficient (Wildman–Crippen LogP) is 4.19. The van der Waals surface area contributed by atoms with Crippen molar-refractivity contribution in [2.75, 3.05) is 26.2 Å². The number of halogens is 4. The largest absolute Gasteiger partial charge is 0.573 e. The van der Waals surface area contributed by atoms with Crippen LogP contribution in [0.15, 0.2) is 48.5 Å². The van der Waals surface area contributed by atoms with Crippen molar-refractivity contribution < 1.29 is 32.2 Å². The van der Waals surface area contributed by atoms with Crippen LogP contribution in [-0.2, 0) is 20.9 Å². The molecule has 10 heteroatoms. The van der Waals surface area contributed by atoms with Gasteiger partial charge in [0.05, 0.1) is 12.3 Å². The maximum absolute atomic E-state index is 13.2. The van der Waals surface area contributed by atoms with Crippen LogP contribution in [0.25, 0.3) is 0 Å². The van der Waals surface area contributed by atoms with Crippen molar-refractivity contribution in [3.63, 3.8) is 0 Å². The number of rotatable bonds is 5. The summed E-state index contributed by atoms with van der Waals surface area (Å²) in [5, 5.41) is 0.680. The Kier molecular flexibility index (Phi) is 6.81. The third-order valence-electron chi connectivity index (χ3n) is 5.77. The normalized spacial score (nSPS) is 21.7. The van der Waals surface area contributed by atoms with Gasteiger partial charge in [-0.2, -0.15) is 0 Å². The zero-order valence-corrected chi connectivity index (χ0v) is 18.3. The van der Waals surface area contributed by atoms with E-state index in [4.69, 9.17) is 16.3 Å². The van der Waals surface area contributed by atoms with Gasteiger partial charge in [-0.1, -0.05) is 35.9 Å². The molecule has 2 atom stereocenters. The Morgan fingerprint density at radius 3 is 2.27 bits per heavy atom. The number of hydrogen-bond acceptors (Lipinski definition) is 5. The number of ether oxygens (including phenoxy) is 2. The molecule has 2 aliphatic rings. The highest BCUT2D eigenvalue weighted by atomic mass is 35.5. The summed E-state index contributed by atoms with van der Waals surface area (Å²) in [4.78, 5) is 29.1. The highest BCUT2D eigenvalue weighted by Gasteiger charge is 2.43.